The maximum atomic E-state index is 11.9. The van der Waals surface area contributed by atoms with Crippen molar-refractivity contribution >= 4 is 10.0 Å². The van der Waals surface area contributed by atoms with Crippen LogP contribution in [0, 0.1) is 5.92 Å². The lowest BCUT2D eigenvalue weighted by atomic mass is 10.1. The number of aromatic nitrogens is 1. The van der Waals surface area contributed by atoms with Crippen LogP contribution in [0.1, 0.15) is 5.56 Å². The van der Waals surface area contributed by atoms with E-state index in [1.165, 1.54) is 18.4 Å². The summed E-state index contributed by atoms with van der Waals surface area (Å²) in [4.78, 5) is 6.19. The van der Waals surface area contributed by atoms with Crippen LogP contribution in [-0.4, -0.2) is 73.9 Å². The Morgan fingerprint density at radius 2 is 2.14 bits per heavy atom. The lowest BCUT2D eigenvalue weighted by Crippen LogP contribution is -2.33. The van der Waals surface area contributed by atoms with E-state index in [0.29, 0.717) is 25.5 Å². The maximum Gasteiger partial charge on any atom is 0.214 e. The largest absolute Gasteiger partial charge is 0.481 e. The highest BCUT2D eigenvalue weighted by atomic mass is 32.2. The van der Waals surface area contributed by atoms with Crippen molar-refractivity contribution in [2.24, 2.45) is 5.92 Å². The number of methoxy groups -OCH3 is 1. The van der Waals surface area contributed by atoms with Crippen LogP contribution < -0.4 is 4.74 Å². The second-order valence-corrected chi connectivity index (χ2v) is 8.02. The number of sulfonamides is 1. The van der Waals surface area contributed by atoms with Crippen LogP contribution >= 0.6 is 0 Å². The van der Waals surface area contributed by atoms with Crippen LogP contribution in [0.25, 0.3) is 0 Å². The van der Waals surface area contributed by atoms with Gasteiger partial charge in [-0.15, -0.1) is 0 Å². The van der Waals surface area contributed by atoms with Gasteiger partial charge in [-0.25, -0.2) is 17.7 Å². The lowest BCUT2D eigenvalue weighted by molar-refractivity contribution is 0.148. The molecule has 7 nitrogen and oxygen atoms in total. The molecule has 1 N–H and O–H groups in total. The molecule has 124 valence electrons. The van der Waals surface area contributed by atoms with E-state index in [-0.39, 0.29) is 11.7 Å². The Kier molecular flexibility index (Phi) is 5.38. The van der Waals surface area contributed by atoms with Gasteiger partial charge in [0, 0.05) is 51.9 Å². The smallest absolute Gasteiger partial charge is 0.214 e. The highest BCUT2D eigenvalue weighted by Crippen LogP contribution is 2.22. The number of ether oxygens (including phenoxy) is 1. The first kappa shape index (κ1) is 17.1. The Morgan fingerprint density at radius 1 is 1.41 bits per heavy atom. The molecule has 1 saturated heterocycles. The van der Waals surface area contributed by atoms with E-state index >= 15 is 0 Å². The van der Waals surface area contributed by atoms with Crippen molar-refractivity contribution in [1.29, 1.82) is 0 Å². The van der Waals surface area contributed by atoms with E-state index in [9.17, 15) is 13.5 Å². The van der Waals surface area contributed by atoms with Crippen LogP contribution in [0.2, 0.25) is 0 Å². The fraction of sp³-hybridized carbons (Fsp3) is 0.643. The number of rotatable bonds is 6. The van der Waals surface area contributed by atoms with Gasteiger partial charge in [-0.1, -0.05) is 6.07 Å². The van der Waals surface area contributed by atoms with Crippen LogP contribution in [-0.2, 0) is 16.6 Å². The summed E-state index contributed by atoms with van der Waals surface area (Å²) in [6.45, 7) is 1.66. The number of hydrogen-bond donors (Lipinski definition) is 1. The standard InChI is InChI=1S/C14H23N3O4S/c1-16(2)22(19,20)10-12-8-17(9-13(12)18)7-11-4-5-14(21-3)15-6-11/h4-6,12-13,18H,7-10H2,1-3H3/t12-,13-/m0/s1. The lowest BCUT2D eigenvalue weighted by Gasteiger charge is -2.18. The molecule has 2 rings (SSSR count). The Labute approximate surface area is 131 Å². The summed E-state index contributed by atoms with van der Waals surface area (Å²) in [5, 5.41) is 10.1. The number of nitrogens with zero attached hydrogens (tertiary/aromatic N) is 3. The molecule has 1 aliphatic rings. The number of likely N-dealkylation sites (tertiary alicyclic amines) is 1. The third-order valence-corrected chi connectivity index (χ3v) is 5.84. The molecule has 8 heteroatoms. The first-order valence-corrected chi connectivity index (χ1v) is 8.72. The second kappa shape index (κ2) is 6.91. The predicted octanol–water partition coefficient (Wildman–Crippen LogP) is -0.226. The van der Waals surface area contributed by atoms with Gasteiger partial charge in [0.05, 0.1) is 19.0 Å². The summed E-state index contributed by atoms with van der Waals surface area (Å²) < 4.78 is 30.1. The molecular weight excluding hydrogens is 306 g/mol. The summed E-state index contributed by atoms with van der Waals surface area (Å²) in [5.41, 5.74) is 1.00. The van der Waals surface area contributed by atoms with E-state index in [2.05, 4.69) is 4.98 Å². The molecule has 0 aromatic carbocycles. The molecule has 0 unspecified atom stereocenters. The number of aliphatic hydroxyl groups excluding tert-OH is 1. The molecule has 1 aromatic rings. The molecule has 0 spiro atoms. The van der Waals surface area contributed by atoms with Crippen molar-refractivity contribution < 1.29 is 18.3 Å². The molecule has 0 saturated carbocycles. The summed E-state index contributed by atoms with van der Waals surface area (Å²) in [7, 11) is 1.28. The summed E-state index contributed by atoms with van der Waals surface area (Å²) in [5.74, 6) is 0.261. The Hall–Kier alpha value is -1.22. The monoisotopic (exact) mass is 329 g/mol. The fourth-order valence-electron chi connectivity index (χ4n) is 2.54. The van der Waals surface area contributed by atoms with Gasteiger partial charge in [0.25, 0.3) is 0 Å². The van der Waals surface area contributed by atoms with E-state index < -0.39 is 16.1 Å². The van der Waals surface area contributed by atoms with Crippen LogP contribution in [0.4, 0.5) is 0 Å². The van der Waals surface area contributed by atoms with E-state index in [0.717, 1.165) is 5.56 Å². The molecule has 0 bridgehead atoms. The van der Waals surface area contributed by atoms with Gasteiger partial charge in [-0.3, -0.25) is 4.90 Å². The van der Waals surface area contributed by atoms with Gasteiger partial charge in [0.15, 0.2) is 0 Å². The molecule has 22 heavy (non-hydrogen) atoms. The Bertz CT molecular complexity index is 589. The quantitative estimate of drug-likeness (QED) is 0.776. The SMILES string of the molecule is COc1ccc(CN2C[C@@H](CS(=O)(=O)N(C)C)[C@@H](O)C2)cn1. The average molecular weight is 329 g/mol. The van der Waals surface area contributed by atoms with Crippen molar-refractivity contribution in [3.8, 4) is 5.88 Å². The van der Waals surface area contributed by atoms with E-state index in [1.807, 2.05) is 11.0 Å². The molecule has 1 aliphatic heterocycles. The third kappa shape index (κ3) is 4.16. The first-order chi connectivity index (χ1) is 10.3. The first-order valence-electron chi connectivity index (χ1n) is 7.11. The topological polar surface area (TPSA) is 83.0 Å². The number of pyridine rings is 1. The molecule has 2 atom stereocenters. The van der Waals surface area contributed by atoms with E-state index in [4.69, 9.17) is 4.74 Å². The summed E-state index contributed by atoms with van der Waals surface area (Å²) in [6, 6.07) is 3.71. The van der Waals surface area contributed by atoms with Crippen LogP contribution in [0.3, 0.4) is 0 Å². The normalized spacial score (nSPS) is 23.1. The average Bonchev–Trinajstić information content (AvgIpc) is 2.78. The highest BCUT2D eigenvalue weighted by molar-refractivity contribution is 7.89. The minimum absolute atomic E-state index is 0.0292. The minimum Gasteiger partial charge on any atom is -0.481 e. The Balaban J connectivity index is 1.95. The van der Waals surface area contributed by atoms with E-state index in [1.54, 1.807) is 19.4 Å². The molecule has 1 fully saturated rings. The number of aliphatic hydroxyl groups is 1. The van der Waals surface area contributed by atoms with Crippen LogP contribution in [0.15, 0.2) is 18.3 Å². The molecule has 2 heterocycles. The molecule has 0 radical (unpaired) electrons. The minimum atomic E-state index is -3.30. The van der Waals surface area contributed by atoms with Gasteiger partial charge in [0.2, 0.25) is 15.9 Å². The zero-order valence-electron chi connectivity index (χ0n) is 13.1. The fourth-order valence-corrected chi connectivity index (χ4v) is 3.70. The predicted molar refractivity (Wildman–Crippen MR) is 83.0 cm³/mol. The summed E-state index contributed by atoms with van der Waals surface area (Å²) >= 11 is 0. The van der Waals surface area contributed by atoms with Gasteiger partial charge < -0.3 is 9.84 Å². The number of β-amino-alcohol motifs (C(OH)–C–C–N with tert-alkyl or cyclic N) is 1. The van der Waals surface area contributed by atoms with Gasteiger partial charge in [-0.2, -0.15) is 0 Å². The van der Waals surface area contributed by atoms with Crippen molar-refractivity contribution in [2.75, 3.05) is 40.0 Å². The molecule has 0 aliphatic carbocycles. The summed E-state index contributed by atoms with van der Waals surface area (Å²) in [6.07, 6.45) is 1.11. The van der Waals surface area contributed by atoms with Crippen molar-refractivity contribution in [1.82, 2.24) is 14.2 Å². The number of hydrogen-bond acceptors (Lipinski definition) is 6. The molecule has 1 aromatic heterocycles. The molecular formula is C14H23N3O4S. The van der Waals surface area contributed by atoms with Crippen molar-refractivity contribution in [3.63, 3.8) is 0 Å². The zero-order chi connectivity index (χ0) is 16.3. The molecule has 0 amide bonds. The van der Waals surface area contributed by atoms with Crippen molar-refractivity contribution in [3.05, 3.63) is 23.9 Å². The third-order valence-electron chi connectivity index (χ3n) is 3.88. The van der Waals surface area contributed by atoms with Gasteiger partial charge in [0.1, 0.15) is 0 Å². The van der Waals surface area contributed by atoms with Crippen LogP contribution in [0.5, 0.6) is 5.88 Å². The van der Waals surface area contributed by atoms with Crippen molar-refractivity contribution in [2.45, 2.75) is 12.6 Å². The zero-order valence-corrected chi connectivity index (χ0v) is 14.0. The van der Waals surface area contributed by atoms with Gasteiger partial charge >= 0.3 is 0 Å². The maximum absolute atomic E-state index is 11.9. The second-order valence-electron chi connectivity index (χ2n) is 5.79. The van der Waals surface area contributed by atoms with Gasteiger partial charge in [-0.05, 0) is 5.56 Å². The highest BCUT2D eigenvalue weighted by Gasteiger charge is 2.35. The Morgan fingerprint density at radius 3 is 2.68 bits per heavy atom.